The molecule has 1 aliphatic rings. The summed E-state index contributed by atoms with van der Waals surface area (Å²) in [4.78, 5) is 25.8. The monoisotopic (exact) mass is 319 g/mol. The van der Waals surface area contributed by atoms with Crippen molar-refractivity contribution >= 4 is 17.7 Å². The van der Waals surface area contributed by atoms with E-state index in [0.717, 1.165) is 29.7 Å². The van der Waals surface area contributed by atoms with Gasteiger partial charge in [0, 0.05) is 6.54 Å². The lowest BCUT2D eigenvalue weighted by molar-refractivity contribution is -0.141. The highest BCUT2D eigenvalue weighted by Gasteiger charge is 2.28. The molecule has 0 saturated carbocycles. The van der Waals surface area contributed by atoms with E-state index in [1.54, 1.807) is 4.90 Å². The van der Waals surface area contributed by atoms with Gasteiger partial charge < -0.3 is 9.47 Å². The molecular weight excluding hydrogens is 294 g/mol. The number of benzene rings is 1. The molecule has 5 nitrogen and oxygen atoms in total. The number of nitrogens with zero attached hydrogens (tertiary/aromatic N) is 1. The standard InChI is InChI=1S/C18H25NO4/c1-12(16(20)22-5)13-8-9-15-14(11-13)7-6-10-19(15)17(21)23-18(2,3)4/h8-9,11-12H,6-7,10H2,1-5H3. The summed E-state index contributed by atoms with van der Waals surface area (Å²) in [6.45, 7) is 8.04. The minimum absolute atomic E-state index is 0.259. The molecule has 0 radical (unpaired) electrons. The zero-order valence-electron chi connectivity index (χ0n) is 14.5. The summed E-state index contributed by atoms with van der Waals surface area (Å²) >= 11 is 0. The first-order chi connectivity index (χ1) is 10.7. The third-order valence-corrected chi connectivity index (χ3v) is 3.89. The fourth-order valence-electron chi connectivity index (χ4n) is 2.71. The first-order valence-corrected chi connectivity index (χ1v) is 7.94. The molecule has 0 saturated heterocycles. The van der Waals surface area contributed by atoms with Crippen molar-refractivity contribution in [2.75, 3.05) is 18.6 Å². The molecule has 2 rings (SSSR count). The van der Waals surface area contributed by atoms with Gasteiger partial charge in [0.1, 0.15) is 5.60 Å². The lowest BCUT2D eigenvalue weighted by Crippen LogP contribution is -2.39. The molecule has 0 fully saturated rings. The van der Waals surface area contributed by atoms with E-state index in [0.29, 0.717) is 6.54 Å². The maximum absolute atomic E-state index is 12.4. The van der Waals surface area contributed by atoms with Gasteiger partial charge in [0.25, 0.3) is 0 Å². The number of amides is 1. The zero-order chi connectivity index (χ0) is 17.2. The van der Waals surface area contributed by atoms with E-state index in [2.05, 4.69) is 0 Å². The van der Waals surface area contributed by atoms with E-state index in [-0.39, 0.29) is 18.0 Å². The molecule has 23 heavy (non-hydrogen) atoms. The topological polar surface area (TPSA) is 55.8 Å². The molecule has 5 heteroatoms. The number of hydrogen-bond acceptors (Lipinski definition) is 4. The Morgan fingerprint density at radius 2 is 1.96 bits per heavy atom. The summed E-state index contributed by atoms with van der Waals surface area (Å²) < 4.78 is 10.3. The van der Waals surface area contributed by atoms with Crippen LogP contribution in [0.25, 0.3) is 0 Å². The van der Waals surface area contributed by atoms with Gasteiger partial charge in [-0.3, -0.25) is 9.69 Å². The highest BCUT2D eigenvalue weighted by Crippen LogP contribution is 2.31. The van der Waals surface area contributed by atoms with Gasteiger partial charge in [0.15, 0.2) is 0 Å². The molecule has 1 amide bonds. The van der Waals surface area contributed by atoms with Crippen LogP contribution in [0.2, 0.25) is 0 Å². The van der Waals surface area contributed by atoms with Crippen LogP contribution in [0.1, 0.15) is 51.2 Å². The van der Waals surface area contributed by atoms with E-state index in [4.69, 9.17) is 9.47 Å². The van der Waals surface area contributed by atoms with Crippen LogP contribution >= 0.6 is 0 Å². The predicted octanol–water partition coefficient (Wildman–Crippen LogP) is 3.65. The van der Waals surface area contributed by atoms with Gasteiger partial charge in [0.2, 0.25) is 0 Å². The number of esters is 1. The highest BCUT2D eigenvalue weighted by molar-refractivity contribution is 5.89. The number of rotatable bonds is 2. The molecule has 1 heterocycles. The Morgan fingerprint density at radius 1 is 1.26 bits per heavy atom. The van der Waals surface area contributed by atoms with E-state index >= 15 is 0 Å². The van der Waals surface area contributed by atoms with Crippen molar-refractivity contribution in [2.24, 2.45) is 0 Å². The average molecular weight is 319 g/mol. The zero-order valence-corrected chi connectivity index (χ0v) is 14.5. The van der Waals surface area contributed by atoms with Gasteiger partial charge in [-0.25, -0.2) is 4.79 Å². The number of hydrogen-bond donors (Lipinski definition) is 0. The van der Waals surface area contributed by atoms with Gasteiger partial charge in [-0.05, 0) is 57.7 Å². The minimum Gasteiger partial charge on any atom is -0.469 e. The minimum atomic E-state index is -0.520. The van der Waals surface area contributed by atoms with E-state index in [9.17, 15) is 9.59 Å². The molecule has 1 atom stereocenters. The molecule has 126 valence electrons. The van der Waals surface area contributed by atoms with Crippen LogP contribution in [0.15, 0.2) is 18.2 Å². The first-order valence-electron chi connectivity index (χ1n) is 7.94. The van der Waals surface area contributed by atoms with Gasteiger partial charge in [0.05, 0.1) is 18.7 Å². The normalized spacial score (nSPS) is 15.6. The molecular formula is C18H25NO4. The second-order valence-electron chi connectivity index (χ2n) is 6.87. The van der Waals surface area contributed by atoms with Gasteiger partial charge in [-0.15, -0.1) is 0 Å². The lowest BCUT2D eigenvalue weighted by Gasteiger charge is -2.32. The SMILES string of the molecule is COC(=O)C(C)c1ccc2c(c1)CCCN2C(=O)OC(C)(C)C. The number of ether oxygens (including phenoxy) is 2. The van der Waals surface area contributed by atoms with Crippen molar-refractivity contribution in [1.82, 2.24) is 0 Å². The summed E-state index contributed by atoms with van der Waals surface area (Å²) in [5.41, 5.74) is 2.32. The van der Waals surface area contributed by atoms with Crippen molar-refractivity contribution in [3.8, 4) is 0 Å². The van der Waals surface area contributed by atoms with Crippen molar-refractivity contribution in [2.45, 2.75) is 52.1 Å². The lowest BCUT2D eigenvalue weighted by atomic mass is 9.94. The second-order valence-corrected chi connectivity index (χ2v) is 6.87. The maximum Gasteiger partial charge on any atom is 0.414 e. The summed E-state index contributed by atoms with van der Waals surface area (Å²) in [6, 6.07) is 5.77. The summed E-state index contributed by atoms with van der Waals surface area (Å²) in [5, 5.41) is 0. The molecule has 0 aromatic heterocycles. The Bertz CT molecular complexity index is 604. The van der Waals surface area contributed by atoms with Crippen molar-refractivity contribution in [3.05, 3.63) is 29.3 Å². The van der Waals surface area contributed by atoms with E-state index < -0.39 is 5.60 Å². The smallest absolute Gasteiger partial charge is 0.414 e. The Morgan fingerprint density at radius 3 is 2.57 bits per heavy atom. The third-order valence-electron chi connectivity index (χ3n) is 3.89. The quantitative estimate of drug-likeness (QED) is 0.781. The maximum atomic E-state index is 12.4. The molecule has 1 unspecified atom stereocenters. The molecule has 0 aliphatic carbocycles. The van der Waals surface area contributed by atoms with Crippen molar-refractivity contribution in [1.29, 1.82) is 0 Å². The largest absolute Gasteiger partial charge is 0.469 e. The first kappa shape index (κ1) is 17.3. The van der Waals surface area contributed by atoms with Gasteiger partial charge in [-0.2, -0.15) is 0 Å². The van der Waals surface area contributed by atoms with E-state index in [1.807, 2.05) is 45.9 Å². The molecule has 0 spiro atoms. The Balaban J connectivity index is 2.27. The summed E-state index contributed by atoms with van der Waals surface area (Å²) in [7, 11) is 1.39. The van der Waals surface area contributed by atoms with Gasteiger partial charge >= 0.3 is 12.1 Å². The number of carbonyl (C=O) groups excluding carboxylic acids is 2. The Labute approximate surface area is 137 Å². The number of aryl methyl sites for hydroxylation is 1. The van der Waals surface area contributed by atoms with Crippen LogP contribution in [0.3, 0.4) is 0 Å². The van der Waals surface area contributed by atoms with E-state index in [1.165, 1.54) is 7.11 Å². The molecule has 1 aromatic carbocycles. The highest BCUT2D eigenvalue weighted by atomic mass is 16.6. The van der Waals surface area contributed by atoms with Crippen LogP contribution in [0.4, 0.5) is 10.5 Å². The molecule has 0 bridgehead atoms. The number of methoxy groups -OCH3 is 1. The van der Waals surface area contributed by atoms with Crippen molar-refractivity contribution < 1.29 is 19.1 Å². The average Bonchev–Trinajstić information content (AvgIpc) is 2.50. The predicted molar refractivity (Wildman–Crippen MR) is 88.8 cm³/mol. The summed E-state index contributed by atoms with van der Waals surface area (Å²) in [6.07, 6.45) is 1.44. The van der Waals surface area contributed by atoms with Gasteiger partial charge in [-0.1, -0.05) is 12.1 Å². The fraction of sp³-hybridized carbons (Fsp3) is 0.556. The molecule has 1 aliphatic heterocycles. The van der Waals surface area contributed by atoms with Crippen LogP contribution in [-0.4, -0.2) is 31.3 Å². The third kappa shape index (κ3) is 4.03. The van der Waals surface area contributed by atoms with Crippen LogP contribution in [0.5, 0.6) is 0 Å². The van der Waals surface area contributed by atoms with Crippen LogP contribution in [-0.2, 0) is 20.7 Å². The Kier molecular flexibility index (Phi) is 4.97. The number of fused-ring (bicyclic) bond motifs is 1. The molecule has 0 N–H and O–H groups in total. The second kappa shape index (κ2) is 6.60. The number of anilines is 1. The summed E-state index contributed by atoms with van der Waals surface area (Å²) in [5.74, 6) is -0.577. The fourth-order valence-corrected chi connectivity index (χ4v) is 2.71. The number of carbonyl (C=O) groups is 2. The molecule has 1 aromatic rings. The van der Waals surface area contributed by atoms with Crippen molar-refractivity contribution in [3.63, 3.8) is 0 Å². The Hall–Kier alpha value is -2.04. The van der Waals surface area contributed by atoms with Crippen LogP contribution in [0, 0.1) is 0 Å². The van der Waals surface area contributed by atoms with Crippen LogP contribution < -0.4 is 4.90 Å².